The van der Waals surface area contributed by atoms with E-state index in [9.17, 15) is 4.79 Å². The molecular formula is C21H36N2O2. The minimum atomic E-state index is -0.660. The fourth-order valence-electron chi connectivity index (χ4n) is 5.25. The molecule has 142 valence electrons. The lowest BCUT2D eigenvalue weighted by Gasteiger charge is -2.33. The highest BCUT2D eigenvalue weighted by Crippen LogP contribution is 2.47. The van der Waals surface area contributed by atoms with Gasteiger partial charge in [0.1, 0.15) is 0 Å². The van der Waals surface area contributed by atoms with E-state index in [4.69, 9.17) is 5.11 Å². The van der Waals surface area contributed by atoms with E-state index >= 15 is 0 Å². The normalized spacial score (nSPS) is 32.4. The van der Waals surface area contributed by atoms with E-state index in [2.05, 4.69) is 16.9 Å². The molecule has 1 aliphatic heterocycles. The molecule has 3 rings (SSSR count). The minimum Gasteiger partial charge on any atom is -0.481 e. The number of nitrogens with one attached hydrogen (secondary N) is 2. The van der Waals surface area contributed by atoms with Gasteiger partial charge >= 0.3 is 5.97 Å². The molecule has 2 saturated carbocycles. The lowest BCUT2D eigenvalue weighted by atomic mass is 9.72. The number of rotatable bonds is 10. The average molecular weight is 349 g/mol. The summed E-state index contributed by atoms with van der Waals surface area (Å²) in [6.07, 6.45) is 19.4. The van der Waals surface area contributed by atoms with Gasteiger partial charge in [-0.25, -0.2) is 5.43 Å². The van der Waals surface area contributed by atoms with Crippen molar-refractivity contribution in [3.63, 3.8) is 0 Å². The Morgan fingerprint density at radius 2 is 1.68 bits per heavy atom. The van der Waals surface area contributed by atoms with Crippen molar-refractivity contribution in [2.24, 2.45) is 17.8 Å². The zero-order valence-corrected chi connectivity index (χ0v) is 15.6. The number of hydrogen-bond acceptors (Lipinski definition) is 3. The number of carboxylic acids is 1. The third-order valence-corrected chi connectivity index (χ3v) is 6.68. The van der Waals surface area contributed by atoms with E-state index in [1.807, 2.05) is 0 Å². The van der Waals surface area contributed by atoms with Crippen LogP contribution in [0.25, 0.3) is 0 Å². The summed E-state index contributed by atoms with van der Waals surface area (Å²) in [4.78, 5) is 10.4. The maximum absolute atomic E-state index is 10.4. The number of carbonyl (C=O) groups is 1. The molecule has 0 aromatic rings. The lowest BCUT2D eigenvalue weighted by molar-refractivity contribution is -0.137. The molecule has 3 N–H and O–H groups in total. The molecule has 0 amide bonds. The molecule has 1 saturated heterocycles. The first-order valence-corrected chi connectivity index (χ1v) is 10.7. The Balaban J connectivity index is 1.25. The molecule has 2 aliphatic carbocycles. The number of aliphatic carboxylic acids is 1. The summed E-state index contributed by atoms with van der Waals surface area (Å²) < 4.78 is 0. The van der Waals surface area contributed by atoms with Gasteiger partial charge < -0.3 is 10.5 Å². The van der Waals surface area contributed by atoms with Gasteiger partial charge in [-0.2, -0.15) is 0 Å². The fourth-order valence-corrected chi connectivity index (χ4v) is 5.25. The van der Waals surface area contributed by atoms with Crippen molar-refractivity contribution < 1.29 is 9.90 Å². The second kappa shape index (κ2) is 9.61. The number of carboxylic acid groups (broad SMARTS) is 1. The molecule has 0 aromatic heterocycles. The highest BCUT2D eigenvalue weighted by Gasteiger charge is 2.43. The Morgan fingerprint density at radius 1 is 1.00 bits per heavy atom. The minimum absolute atomic E-state index is 0.332. The number of allylic oxidation sites excluding steroid dienone is 1. The highest BCUT2D eigenvalue weighted by atomic mass is 16.4. The van der Waals surface area contributed by atoms with Crippen LogP contribution in [0, 0.1) is 17.8 Å². The molecule has 3 aliphatic rings. The van der Waals surface area contributed by atoms with Gasteiger partial charge in [-0.1, -0.05) is 57.4 Å². The fraction of sp³-hybridized carbons (Fsp3) is 0.857. The third-order valence-electron chi connectivity index (χ3n) is 6.68. The predicted octanol–water partition coefficient (Wildman–Crippen LogP) is 4.77. The van der Waals surface area contributed by atoms with Crippen LogP contribution in [0.5, 0.6) is 0 Å². The van der Waals surface area contributed by atoms with Crippen LogP contribution < -0.4 is 10.9 Å². The Bertz CT molecular complexity index is 463. The van der Waals surface area contributed by atoms with Gasteiger partial charge in [0.15, 0.2) is 0 Å². The van der Waals surface area contributed by atoms with Crippen LogP contribution in [0.15, 0.2) is 11.8 Å². The smallest absolute Gasteiger partial charge is 0.303 e. The summed E-state index contributed by atoms with van der Waals surface area (Å²) in [6, 6.07) is 0.677. The van der Waals surface area contributed by atoms with E-state index < -0.39 is 5.97 Å². The zero-order chi connectivity index (χ0) is 17.5. The van der Waals surface area contributed by atoms with E-state index in [1.54, 1.807) is 0 Å². The monoisotopic (exact) mass is 348 g/mol. The van der Waals surface area contributed by atoms with Gasteiger partial charge in [-0.15, -0.1) is 0 Å². The Kier molecular flexibility index (Phi) is 7.21. The van der Waals surface area contributed by atoms with Crippen LogP contribution in [0.4, 0.5) is 0 Å². The van der Waals surface area contributed by atoms with Crippen LogP contribution >= 0.6 is 0 Å². The number of unbranched alkanes of at least 4 members (excludes halogenated alkanes) is 7. The van der Waals surface area contributed by atoms with Gasteiger partial charge in [0.2, 0.25) is 0 Å². The summed E-state index contributed by atoms with van der Waals surface area (Å²) in [7, 11) is 0. The van der Waals surface area contributed by atoms with Crippen LogP contribution in [0.3, 0.4) is 0 Å². The van der Waals surface area contributed by atoms with Crippen molar-refractivity contribution in [3.05, 3.63) is 11.8 Å². The van der Waals surface area contributed by atoms with Crippen molar-refractivity contribution in [3.8, 4) is 0 Å². The van der Waals surface area contributed by atoms with Crippen LogP contribution in [-0.2, 0) is 4.79 Å². The molecule has 4 unspecified atom stereocenters. The Morgan fingerprint density at radius 3 is 2.44 bits per heavy atom. The van der Waals surface area contributed by atoms with Crippen LogP contribution in [0.2, 0.25) is 0 Å². The van der Waals surface area contributed by atoms with Crippen molar-refractivity contribution in [1.82, 2.24) is 10.9 Å². The van der Waals surface area contributed by atoms with E-state index in [0.29, 0.717) is 12.5 Å². The SMILES string of the molecule is O=C(O)CCCCCCCCCC=C1NNC2CC3CCCC3CC12. The highest BCUT2D eigenvalue weighted by molar-refractivity contribution is 5.66. The summed E-state index contributed by atoms with van der Waals surface area (Å²) in [6.45, 7) is 0. The van der Waals surface area contributed by atoms with E-state index in [0.717, 1.165) is 30.6 Å². The first-order chi connectivity index (χ1) is 12.2. The summed E-state index contributed by atoms with van der Waals surface area (Å²) in [5, 5.41) is 8.61. The van der Waals surface area contributed by atoms with Gasteiger partial charge in [0, 0.05) is 24.1 Å². The second-order valence-corrected chi connectivity index (χ2v) is 8.47. The van der Waals surface area contributed by atoms with E-state index in [-0.39, 0.29) is 0 Å². The Hall–Kier alpha value is -1.03. The maximum Gasteiger partial charge on any atom is 0.303 e. The zero-order valence-electron chi connectivity index (χ0n) is 15.6. The van der Waals surface area contributed by atoms with Crippen molar-refractivity contribution in [1.29, 1.82) is 0 Å². The first-order valence-electron chi connectivity index (χ1n) is 10.7. The van der Waals surface area contributed by atoms with Crippen LogP contribution in [-0.4, -0.2) is 17.1 Å². The third kappa shape index (κ3) is 5.47. The lowest BCUT2D eigenvalue weighted by Crippen LogP contribution is -2.38. The molecule has 25 heavy (non-hydrogen) atoms. The van der Waals surface area contributed by atoms with Crippen molar-refractivity contribution >= 4 is 5.97 Å². The topological polar surface area (TPSA) is 61.4 Å². The van der Waals surface area contributed by atoms with Crippen molar-refractivity contribution in [2.45, 2.75) is 95.9 Å². The second-order valence-electron chi connectivity index (χ2n) is 8.47. The number of hydrazine groups is 1. The molecule has 1 heterocycles. The standard InChI is InChI=1S/C21H36N2O2/c24-21(25)13-8-6-4-2-1-3-5-7-12-19-18-14-16-10-9-11-17(16)15-20(18)23-22-19/h12,16-18,20,22-23H,1-11,13-15H2,(H,24,25). The molecular weight excluding hydrogens is 312 g/mol. The molecule has 4 atom stereocenters. The molecule has 4 heteroatoms. The van der Waals surface area contributed by atoms with Crippen LogP contribution in [0.1, 0.15) is 89.9 Å². The largest absolute Gasteiger partial charge is 0.481 e. The molecule has 0 radical (unpaired) electrons. The summed E-state index contributed by atoms with van der Waals surface area (Å²) in [5.41, 5.74) is 8.51. The number of fused-ring (bicyclic) bond motifs is 2. The van der Waals surface area contributed by atoms with Gasteiger partial charge in [0.25, 0.3) is 0 Å². The van der Waals surface area contributed by atoms with Gasteiger partial charge in [0.05, 0.1) is 0 Å². The first kappa shape index (κ1) is 18.8. The summed E-state index contributed by atoms with van der Waals surface area (Å²) in [5.74, 6) is 2.07. The number of hydrogen-bond donors (Lipinski definition) is 3. The average Bonchev–Trinajstić information content (AvgIpc) is 3.20. The Labute approximate surface area is 152 Å². The molecule has 0 bridgehead atoms. The molecule has 0 spiro atoms. The quantitative estimate of drug-likeness (QED) is 0.498. The van der Waals surface area contributed by atoms with Gasteiger partial charge in [-0.05, 0) is 43.9 Å². The summed E-state index contributed by atoms with van der Waals surface area (Å²) >= 11 is 0. The molecule has 0 aromatic carbocycles. The molecule has 4 nitrogen and oxygen atoms in total. The van der Waals surface area contributed by atoms with Gasteiger partial charge in [-0.3, -0.25) is 4.79 Å². The predicted molar refractivity (Wildman–Crippen MR) is 101 cm³/mol. The molecule has 3 fully saturated rings. The maximum atomic E-state index is 10.4. The van der Waals surface area contributed by atoms with Crippen molar-refractivity contribution in [2.75, 3.05) is 0 Å². The van der Waals surface area contributed by atoms with E-state index in [1.165, 1.54) is 76.3 Å².